The van der Waals surface area contributed by atoms with Crippen molar-refractivity contribution in [1.29, 1.82) is 0 Å². The van der Waals surface area contributed by atoms with Crippen LogP contribution in [0.1, 0.15) is 0 Å². The molecule has 0 fully saturated rings. The summed E-state index contributed by atoms with van der Waals surface area (Å²) in [6.45, 7) is 6.51. The smallest absolute Gasteiger partial charge is 0.269 e. The predicted molar refractivity (Wildman–Crippen MR) is 41.2 cm³/mol. The molecule has 0 bridgehead atoms. The molecule has 0 unspecified atom stereocenters. The van der Waals surface area contributed by atoms with Crippen LogP contribution in [0.4, 0.5) is 0 Å². The van der Waals surface area contributed by atoms with E-state index in [2.05, 4.69) is 28.6 Å². The fourth-order valence-corrected chi connectivity index (χ4v) is 0.313. The van der Waals surface area contributed by atoms with Crippen molar-refractivity contribution < 1.29 is 4.79 Å². The average Bonchev–Trinajstić information content (AvgIpc) is 1.98. The van der Waals surface area contributed by atoms with E-state index in [1.54, 1.807) is 0 Å². The van der Waals surface area contributed by atoms with Gasteiger partial charge in [-0.25, -0.2) is 4.99 Å². The molecule has 0 rings (SSSR count). The normalized spacial score (nSPS) is 9.30. The summed E-state index contributed by atoms with van der Waals surface area (Å²) < 4.78 is 0. The Morgan fingerprint density at radius 2 is 2.30 bits per heavy atom. The maximum atomic E-state index is 10.6. The van der Waals surface area contributed by atoms with E-state index in [0.29, 0.717) is 0 Å². The Bertz CT molecular complexity index is 183. The van der Waals surface area contributed by atoms with Gasteiger partial charge in [0.15, 0.2) is 0 Å². The molecule has 0 spiro atoms. The van der Waals surface area contributed by atoms with Crippen LogP contribution >= 0.6 is 0 Å². The molecule has 0 radical (unpaired) electrons. The van der Waals surface area contributed by atoms with Crippen LogP contribution in [0.15, 0.2) is 22.3 Å². The number of rotatable bonds is 3. The monoisotopic (exact) mass is 139 g/mol. The molecule has 1 amide bonds. The zero-order valence-electron chi connectivity index (χ0n) is 5.79. The molecule has 0 aromatic carbocycles. The molecule has 1 N–H and O–H groups in total. The number of likely N-dealkylation sites (N-methyl/N-ethyl adjacent to an activating group) is 1. The summed E-state index contributed by atoms with van der Waals surface area (Å²) >= 11 is 0. The number of aliphatic imine (C=N–C) groups is 2. The highest BCUT2D eigenvalue weighted by molar-refractivity contribution is 5.93. The van der Waals surface area contributed by atoms with Gasteiger partial charge >= 0.3 is 0 Å². The summed E-state index contributed by atoms with van der Waals surface area (Å²) in [4.78, 5) is 17.5. The van der Waals surface area contributed by atoms with Crippen LogP contribution in [0.2, 0.25) is 0 Å². The number of carbonyl (C=O) groups is 1. The van der Waals surface area contributed by atoms with Crippen molar-refractivity contribution in [2.24, 2.45) is 9.98 Å². The Morgan fingerprint density at radius 3 is 2.70 bits per heavy atom. The van der Waals surface area contributed by atoms with Crippen molar-refractivity contribution in [3.63, 3.8) is 0 Å². The molecular formula is C6H9N3O. The lowest BCUT2D eigenvalue weighted by Gasteiger charge is -1.93. The van der Waals surface area contributed by atoms with E-state index < -0.39 is 0 Å². The molecular weight excluding hydrogens is 130 g/mol. The maximum absolute atomic E-state index is 10.6. The number of nitrogens with one attached hydrogen (secondary N) is 1. The third-order valence-corrected chi connectivity index (χ3v) is 0.784. The van der Waals surface area contributed by atoms with Gasteiger partial charge in [0.05, 0.1) is 0 Å². The Hall–Kier alpha value is -1.45. The first kappa shape index (κ1) is 8.55. The van der Waals surface area contributed by atoms with Gasteiger partial charge in [0, 0.05) is 7.05 Å². The highest BCUT2D eigenvalue weighted by atomic mass is 16.1. The standard InChI is InChI=1S/C6H9N3O/c1-5(6(10)8-3)9-4-7-2/h4H,1-2H2,3H3,(H,8,10). The molecule has 54 valence electrons. The van der Waals surface area contributed by atoms with Crippen LogP contribution in [0.3, 0.4) is 0 Å². The summed E-state index contributed by atoms with van der Waals surface area (Å²) in [6, 6.07) is 0. The first-order valence-electron chi connectivity index (χ1n) is 2.61. The summed E-state index contributed by atoms with van der Waals surface area (Å²) in [6.07, 6.45) is 1.16. The fourth-order valence-electron chi connectivity index (χ4n) is 0.313. The van der Waals surface area contributed by atoms with Gasteiger partial charge in [-0.2, -0.15) is 0 Å². The van der Waals surface area contributed by atoms with Crippen molar-refractivity contribution in [3.8, 4) is 0 Å². The van der Waals surface area contributed by atoms with Gasteiger partial charge in [0.1, 0.15) is 12.0 Å². The second-order valence-corrected chi connectivity index (χ2v) is 1.45. The fraction of sp³-hybridized carbons (Fsp3) is 0.167. The second kappa shape index (κ2) is 4.43. The van der Waals surface area contributed by atoms with Gasteiger partial charge in [-0.15, -0.1) is 0 Å². The molecule has 0 atom stereocenters. The molecule has 4 heteroatoms. The largest absolute Gasteiger partial charge is 0.354 e. The summed E-state index contributed by atoms with van der Waals surface area (Å²) in [7, 11) is 1.50. The average molecular weight is 139 g/mol. The molecule has 0 saturated heterocycles. The molecule has 0 aliphatic rings. The minimum absolute atomic E-state index is 0.120. The summed E-state index contributed by atoms with van der Waals surface area (Å²) in [5.41, 5.74) is 0.120. The predicted octanol–water partition coefficient (Wildman–Crippen LogP) is -0.0250. The van der Waals surface area contributed by atoms with Crippen LogP contribution in [-0.2, 0) is 4.79 Å². The number of hydrogen-bond acceptors (Lipinski definition) is 2. The minimum atomic E-state index is -0.320. The molecule has 0 saturated carbocycles. The van der Waals surface area contributed by atoms with E-state index in [1.807, 2.05) is 0 Å². The van der Waals surface area contributed by atoms with E-state index in [4.69, 9.17) is 0 Å². The number of amides is 1. The number of carbonyl (C=O) groups excluding carboxylic acids is 1. The third-order valence-electron chi connectivity index (χ3n) is 0.784. The topological polar surface area (TPSA) is 53.8 Å². The van der Waals surface area contributed by atoms with E-state index in [-0.39, 0.29) is 11.6 Å². The zero-order chi connectivity index (χ0) is 7.98. The van der Waals surface area contributed by atoms with Gasteiger partial charge in [0.2, 0.25) is 0 Å². The second-order valence-electron chi connectivity index (χ2n) is 1.45. The molecule has 10 heavy (non-hydrogen) atoms. The lowest BCUT2D eigenvalue weighted by Crippen LogP contribution is -2.18. The van der Waals surface area contributed by atoms with Gasteiger partial charge < -0.3 is 5.32 Å². The van der Waals surface area contributed by atoms with Crippen molar-refractivity contribution in [2.75, 3.05) is 7.05 Å². The third kappa shape index (κ3) is 2.76. The van der Waals surface area contributed by atoms with Crippen molar-refractivity contribution in [2.45, 2.75) is 0 Å². The molecule has 0 aliphatic heterocycles. The van der Waals surface area contributed by atoms with Gasteiger partial charge in [-0.1, -0.05) is 6.58 Å². The highest BCUT2D eigenvalue weighted by Crippen LogP contribution is 1.88. The lowest BCUT2D eigenvalue weighted by molar-refractivity contribution is -0.117. The van der Waals surface area contributed by atoms with Gasteiger partial charge in [-0.05, 0) is 6.72 Å². The summed E-state index contributed by atoms with van der Waals surface area (Å²) in [5, 5.41) is 2.36. The van der Waals surface area contributed by atoms with Crippen LogP contribution < -0.4 is 5.32 Å². The Labute approximate surface area is 59.4 Å². The van der Waals surface area contributed by atoms with Crippen LogP contribution in [0.5, 0.6) is 0 Å². The number of nitrogens with zero attached hydrogens (tertiary/aromatic N) is 2. The zero-order valence-corrected chi connectivity index (χ0v) is 5.79. The Morgan fingerprint density at radius 1 is 1.70 bits per heavy atom. The molecule has 0 aliphatic carbocycles. The highest BCUT2D eigenvalue weighted by Gasteiger charge is 1.98. The van der Waals surface area contributed by atoms with Crippen molar-refractivity contribution in [1.82, 2.24) is 5.32 Å². The molecule has 4 nitrogen and oxygen atoms in total. The van der Waals surface area contributed by atoms with E-state index >= 15 is 0 Å². The van der Waals surface area contributed by atoms with Crippen LogP contribution in [0.25, 0.3) is 0 Å². The Balaban J connectivity index is 3.97. The van der Waals surface area contributed by atoms with Crippen LogP contribution in [0, 0.1) is 0 Å². The van der Waals surface area contributed by atoms with Crippen LogP contribution in [-0.4, -0.2) is 26.0 Å². The van der Waals surface area contributed by atoms with E-state index in [0.717, 1.165) is 6.34 Å². The molecule has 0 aromatic heterocycles. The van der Waals surface area contributed by atoms with E-state index in [9.17, 15) is 4.79 Å². The van der Waals surface area contributed by atoms with Gasteiger partial charge in [0.25, 0.3) is 5.91 Å². The summed E-state index contributed by atoms with van der Waals surface area (Å²) in [5.74, 6) is -0.320. The first-order valence-corrected chi connectivity index (χ1v) is 2.61. The van der Waals surface area contributed by atoms with Crippen molar-refractivity contribution in [3.05, 3.63) is 12.3 Å². The quantitative estimate of drug-likeness (QED) is 0.333. The Kier molecular flexibility index (Phi) is 3.79. The first-order chi connectivity index (χ1) is 4.72. The lowest BCUT2D eigenvalue weighted by atomic mass is 10.5. The van der Waals surface area contributed by atoms with Gasteiger partial charge in [-0.3, -0.25) is 9.79 Å². The number of hydrogen-bond donors (Lipinski definition) is 1. The SMILES string of the molecule is C=NC=NC(=C)C(=O)NC. The molecule has 0 aromatic rings. The maximum Gasteiger partial charge on any atom is 0.269 e. The minimum Gasteiger partial charge on any atom is -0.354 e. The van der Waals surface area contributed by atoms with Crippen molar-refractivity contribution >= 4 is 19.0 Å². The van der Waals surface area contributed by atoms with E-state index in [1.165, 1.54) is 7.05 Å². The molecule has 0 heterocycles.